The Labute approximate surface area is 200 Å². The minimum absolute atomic E-state index is 0.0596. The number of aromatic nitrogens is 2. The van der Waals surface area contributed by atoms with E-state index in [4.69, 9.17) is 4.98 Å². The van der Waals surface area contributed by atoms with E-state index < -0.39 is 0 Å². The van der Waals surface area contributed by atoms with Crippen molar-refractivity contribution >= 4 is 28.6 Å². The summed E-state index contributed by atoms with van der Waals surface area (Å²) >= 11 is 1.31. The summed E-state index contributed by atoms with van der Waals surface area (Å²) in [6.07, 6.45) is 0. The van der Waals surface area contributed by atoms with Crippen LogP contribution in [0.15, 0.2) is 58.5 Å². The van der Waals surface area contributed by atoms with Crippen LogP contribution in [0.1, 0.15) is 38.8 Å². The second-order valence-corrected chi connectivity index (χ2v) is 9.79. The molecule has 0 saturated heterocycles. The molecule has 3 aromatic rings. The molecule has 1 heterocycles. The van der Waals surface area contributed by atoms with E-state index in [1.54, 1.807) is 4.57 Å². The van der Waals surface area contributed by atoms with E-state index in [-0.39, 0.29) is 17.2 Å². The molecule has 1 N–H and O–H groups in total. The van der Waals surface area contributed by atoms with Crippen LogP contribution in [0, 0.1) is 6.92 Å². The summed E-state index contributed by atoms with van der Waals surface area (Å²) in [6, 6.07) is 16.2. The molecule has 0 saturated carbocycles. The number of hydrogen-bond acceptors (Lipinski definition) is 5. The first-order chi connectivity index (χ1) is 15.8. The maximum Gasteiger partial charge on any atom is 0.262 e. The van der Waals surface area contributed by atoms with E-state index in [1.165, 1.54) is 17.3 Å². The van der Waals surface area contributed by atoms with E-state index in [0.717, 1.165) is 12.1 Å². The second-order valence-electron chi connectivity index (χ2n) is 8.84. The first kappa shape index (κ1) is 25.0. The van der Waals surface area contributed by atoms with Crippen molar-refractivity contribution in [1.82, 2.24) is 19.8 Å². The fourth-order valence-electron chi connectivity index (χ4n) is 3.87. The Morgan fingerprint density at radius 2 is 1.73 bits per heavy atom. The van der Waals surface area contributed by atoms with Crippen molar-refractivity contribution in [3.8, 4) is 0 Å². The minimum atomic E-state index is -0.0829. The second kappa shape index (κ2) is 11.5. The predicted molar refractivity (Wildman–Crippen MR) is 137 cm³/mol. The number of nitrogens with zero attached hydrogens (tertiary/aromatic N) is 3. The van der Waals surface area contributed by atoms with Gasteiger partial charge in [0.25, 0.3) is 5.56 Å². The molecule has 0 bridgehead atoms. The van der Waals surface area contributed by atoms with Crippen molar-refractivity contribution in [2.45, 2.75) is 64.9 Å². The highest BCUT2D eigenvalue weighted by molar-refractivity contribution is 7.99. The first-order valence-corrected chi connectivity index (χ1v) is 12.4. The number of fused-ring (bicyclic) bond motifs is 1. The number of aryl methyl sites for hydroxylation is 1. The molecule has 2 aromatic carbocycles. The number of amides is 1. The normalized spacial score (nSPS) is 11.6. The molecule has 0 radical (unpaired) electrons. The molecule has 33 heavy (non-hydrogen) atoms. The van der Waals surface area contributed by atoms with Gasteiger partial charge in [0.05, 0.1) is 16.7 Å². The first-order valence-electron chi connectivity index (χ1n) is 11.5. The van der Waals surface area contributed by atoms with Crippen LogP contribution >= 0.6 is 11.8 Å². The summed E-state index contributed by atoms with van der Waals surface area (Å²) in [4.78, 5) is 32.9. The molecule has 0 aliphatic heterocycles. The summed E-state index contributed by atoms with van der Waals surface area (Å²) in [5.41, 5.74) is 2.85. The molecule has 3 rings (SSSR count). The van der Waals surface area contributed by atoms with Gasteiger partial charge in [0.15, 0.2) is 5.16 Å². The highest BCUT2D eigenvalue weighted by atomic mass is 32.2. The van der Waals surface area contributed by atoms with E-state index in [2.05, 4.69) is 37.9 Å². The van der Waals surface area contributed by atoms with Gasteiger partial charge in [-0.05, 0) is 52.3 Å². The monoisotopic (exact) mass is 466 g/mol. The maximum absolute atomic E-state index is 13.3. The van der Waals surface area contributed by atoms with E-state index in [9.17, 15) is 9.59 Å². The van der Waals surface area contributed by atoms with Gasteiger partial charge in [-0.2, -0.15) is 0 Å². The average molecular weight is 467 g/mol. The number of hydrogen-bond donors (Lipinski definition) is 1. The largest absolute Gasteiger partial charge is 0.351 e. The lowest BCUT2D eigenvalue weighted by Crippen LogP contribution is -2.40. The Bertz CT molecular complexity index is 1130. The summed E-state index contributed by atoms with van der Waals surface area (Å²) in [5.74, 6) is 0.120. The van der Waals surface area contributed by atoms with Crippen LogP contribution in [0.5, 0.6) is 0 Å². The topological polar surface area (TPSA) is 67.2 Å². The lowest BCUT2D eigenvalue weighted by atomic mass is 10.1. The van der Waals surface area contributed by atoms with Gasteiger partial charge in [0, 0.05) is 31.7 Å². The lowest BCUT2D eigenvalue weighted by Gasteiger charge is -2.30. The third kappa shape index (κ3) is 6.68. The quantitative estimate of drug-likeness (QED) is 0.358. The van der Waals surface area contributed by atoms with Crippen LogP contribution in [-0.2, 0) is 17.9 Å². The predicted octanol–water partition coefficient (Wildman–Crippen LogP) is 4.23. The third-order valence-electron chi connectivity index (χ3n) is 5.68. The number of benzene rings is 2. The molecule has 1 aromatic heterocycles. The van der Waals surface area contributed by atoms with E-state index in [0.29, 0.717) is 41.2 Å². The van der Waals surface area contributed by atoms with Gasteiger partial charge in [-0.25, -0.2) is 4.98 Å². The molecular formula is C26H34N4O2S. The van der Waals surface area contributed by atoms with Gasteiger partial charge >= 0.3 is 0 Å². The van der Waals surface area contributed by atoms with Crippen LogP contribution in [-0.4, -0.2) is 44.7 Å². The molecule has 0 fully saturated rings. The number of carbonyl (C=O) groups excluding carboxylic acids is 1. The van der Waals surface area contributed by atoms with Gasteiger partial charge in [0.1, 0.15) is 0 Å². The van der Waals surface area contributed by atoms with Crippen molar-refractivity contribution < 1.29 is 4.79 Å². The van der Waals surface area contributed by atoms with Crippen molar-refractivity contribution in [3.05, 3.63) is 70.0 Å². The molecule has 0 spiro atoms. The van der Waals surface area contributed by atoms with Crippen molar-refractivity contribution in [2.75, 3.05) is 12.3 Å². The Kier molecular flexibility index (Phi) is 8.69. The van der Waals surface area contributed by atoms with Crippen LogP contribution in [0.4, 0.5) is 0 Å². The van der Waals surface area contributed by atoms with Gasteiger partial charge in [-0.3, -0.25) is 19.1 Å². The van der Waals surface area contributed by atoms with Gasteiger partial charge in [-0.15, -0.1) is 0 Å². The van der Waals surface area contributed by atoms with Crippen LogP contribution in [0.25, 0.3) is 10.9 Å². The summed E-state index contributed by atoms with van der Waals surface area (Å²) in [7, 11) is 0. The van der Waals surface area contributed by atoms with Crippen molar-refractivity contribution in [2.24, 2.45) is 0 Å². The third-order valence-corrected chi connectivity index (χ3v) is 6.65. The van der Waals surface area contributed by atoms with Gasteiger partial charge in [0.2, 0.25) is 5.91 Å². The number of rotatable bonds is 10. The minimum Gasteiger partial charge on any atom is -0.351 e. The molecule has 0 aliphatic carbocycles. The molecule has 6 nitrogen and oxygen atoms in total. The van der Waals surface area contributed by atoms with Gasteiger partial charge < -0.3 is 5.32 Å². The smallest absolute Gasteiger partial charge is 0.262 e. The highest BCUT2D eigenvalue weighted by Crippen LogP contribution is 2.18. The molecule has 1 amide bonds. The molecule has 176 valence electrons. The fraction of sp³-hybridized carbons (Fsp3) is 0.423. The standard InChI is InChI=1S/C26H34N4O2S/c1-18(2)29(19(3)4)14-15-30-25(32)22-8-6-7-9-23(22)28-26(30)33-17-24(31)27-16-21-12-10-20(5)11-13-21/h6-13,18-19H,14-17H2,1-5H3,(H,27,31). The van der Waals surface area contributed by atoms with E-state index in [1.807, 2.05) is 55.5 Å². The fourth-order valence-corrected chi connectivity index (χ4v) is 4.73. The van der Waals surface area contributed by atoms with Crippen LogP contribution < -0.4 is 10.9 Å². The zero-order chi connectivity index (χ0) is 24.0. The molecule has 7 heteroatoms. The van der Waals surface area contributed by atoms with Crippen LogP contribution in [0.3, 0.4) is 0 Å². The number of nitrogens with one attached hydrogen (secondary N) is 1. The van der Waals surface area contributed by atoms with Crippen molar-refractivity contribution in [3.63, 3.8) is 0 Å². The van der Waals surface area contributed by atoms with Gasteiger partial charge in [-0.1, -0.05) is 53.7 Å². The molecule has 0 atom stereocenters. The number of carbonyl (C=O) groups is 1. The molecular weight excluding hydrogens is 432 g/mol. The van der Waals surface area contributed by atoms with E-state index >= 15 is 0 Å². The number of para-hydroxylation sites is 1. The Morgan fingerprint density at radius 3 is 2.39 bits per heavy atom. The Balaban J connectivity index is 1.75. The van der Waals surface area contributed by atoms with Crippen LogP contribution in [0.2, 0.25) is 0 Å². The lowest BCUT2D eigenvalue weighted by molar-refractivity contribution is -0.118. The average Bonchev–Trinajstić information content (AvgIpc) is 2.78. The summed E-state index contributed by atoms with van der Waals surface area (Å²) < 4.78 is 1.72. The Hall–Kier alpha value is -2.64. The zero-order valence-electron chi connectivity index (χ0n) is 20.2. The highest BCUT2D eigenvalue weighted by Gasteiger charge is 2.17. The molecule has 0 aliphatic rings. The van der Waals surface area contributed by atoms with Crippen molar-refractivity contribution in [1.29, 1.82) is 0 Å². The maximum atomic E-state index is 13.3. The molecule has 0 unspecified atom stereocenters. The number of thioether (sulfide) groups is 1. The summed E-state index contributed by atoms with van der Waals surface area (Å²) in [6.45, 7) is 12.4. The SMILES string of the molecule is Cc1ccc(CNC(=O)CSc2nc3ccccc3c(=O)n2CCN(C(C)C)C(C)C)cc1. The Morgan fingerprint density at radius 1 is 1.06 bits per heavy atom. The summed E-state index contributed by atoms with van der Waals surface area (Å²) in [5, 5.41) is 4.14. The zero-order valence-corrected chi connectivity index (χ0v) is 21.0.